The highest BCUT2D eigenvalue weighted by molar-refractivity contribution is 5.49. The van der Waals surface area contributed by atoms with Crippen LogP contribution >= 0.6 is 0 Å². The van der Waals surface area contributed by atoms with Gasteiger partial charge in [-0.2, -0.15) is 0 Å². The number of rotatable bonds is 2. The first-order valence-corrected chi connectivity index (χ1v) is 3.74. The molecule has 0 amide bonds. The molecule has 1 N–H and O–H groups in total. The van der Waals surface area contributed by atoms with Crippen molar-refractivity contribution in [2.24, 2.45) is 0 Å². The van der Waals surface area contributed by atoms with Gasteiger partial charge in [-0.15, -0.1) is 0 Å². The van der Waals surface area contributed by atoms with Crippen LogP contribution in [-0.2, 0) is 0 Å². The largest absolute Gasteiger partial charge is 0.322 e. The summed E-state index contributed by atoms with van der Waals surface area (Å²) >= 11 is 0. The minimum Gasteiger partial charge on any atom is -0.322 e. The normalized spacial score (nSPS) is 9.54. The first kappa shape index (κ1) is 7.60. The van der Waals surface area contributed by atoms with Gasteiger partial charge in [0.2, 0.25) is 5.95 Å². The smallest absolute Gasteiger partial charge is 0.227 e. The molecule has 0 saturated heterocycles. The van der Waals surface area contributed by atoms with Gasteiger partial charge >= 0.3 is 0 Å². The second-order valence-corrected chi connectivity index (χ2v) is 2.32. The lowest BCUT2D eigenvalue weighted by Gasteiger charge is -2.00. The molecule has 0 aliphatic rings. The van der Waals surface area contributed by atoms with Crippen LogP contribution in [0.2, 0.25) is 0 Å². The molecule has 2 aromatic rings. The molecule has 5 heteroatoms. The highest BCUT2D eigenvalue weighted by Crippen LogP contribution is 2.06. The van der Waals surface area contributed by atoms with Gasteiger partial charge < -0.3 is 5.32 Å². The summed E-state index contributed by atoms with van der Waals surface area (Å²) in [6, 6.07) is 1.76. The fraction of sp³-hybridized carbons (Fsp3) is 0. The molecule has 64 valence electrons. The van der Waals surface area contributed by atoms with Crippen LogP contribution in [0.15, 0.2) is 37.2 Å². The van der Waals surface area contributed by atoms with E-state index in [1.807, 2.05) is 0 Å². The Morgan fingerprint density at radius 2 is 1.69 bits per heavy atom. The molecule has 5 nitrogen and oxygen atoms in total. The van der Waals surface area contributed by atoms with Crippen LogP contribution in [0.1, 0.15) is 0 Å². The lowest BCUT2D eigenvalue weighted by Crippen LogP contribution is -1.96. The van der Waals surface area contributed by atoms with Crippen molar-refractivity contribution in [2.45, 2.75) is 0 Å². The van der Waals surface area contributed by atoms with Crippen molar-refractivity contribution in [3.05, 3.63) is 37.2 Å². The van der Waals surface area contributed by atoms with Crippen molar-refractivity contribution < 1.29 is 0 Å². The van der Waals surface area contributed by atoms with Gasteiger partial charge in [-0.3, -0.25) is 0 Å². The number of nitrogens with zero attached hydrogens (tertiary/aromatic N) is 4. The summed E-state index contributed by atoms with van der Waals surface area (Å²) in [6.45, 7) is 0. The second-order valence-electron chi connectivity index (χ2n) is 2.32. The Labute approximate surface area is 74.9 Å². The molecule has 0 spiro atoms. The summed E-state index contributed by atoms with van der Waals surface area (Å²) < 4.78 is 0. The van der Waals surface area contributed by atoms with Crippen molar-refractivity contribution >= 4 is 11.6 Å². The Morgan fingerprint density at radius 1 is 1.00 bits per heavy atom. The van der Waals surface area contributed by atoms with Gasteiger partial charge in [0.25, 0.3) is 0 Å². The summed E-state index contributed by atoms with van der Waals surface area (Å²) in [5.41, 5.74) is 0.772. The third-order valence-electron chi connectivity index (χ3n) is 1.38. The van der Waals surface area contributed by atoms with E-state index in [2.05, 4.69) is 25.3 Å². The van der Waals surface area contributed by atoms with Gasteiger partial charge in [0.1, 0.15) is 6.33 Å². The maximum Gasteiger partial charge on any atom is 0.227 e. The van der Waals surface area contributed by atoms with Gasteiger partial charge in [0.15, 0.2) is 0 Å². The maximum atomic E-state index is 4.00. The van der Waals surface area contributed by atoms with Gasteiger partial charge in [-0.1, -0.05) is 0 Å². The lowest BCUT2D eigenvalue weighted by molar-refractivity contribution is 1.13. The summed E-state index contributed by atoms with van der Waals surface area (Å²) in [6.07, 6.45) is 8.11. The molecule has 0 fully saturated rings. The van der Waals surface area contributed by atoms with Crippen LogP contribution in [0.3, 0.4) is 0 Å². The number of anilines is 2. The molecular weight excluding hydrogens is 166 g/mol. The molecule has 0 bridgehead atoms. The topological polar surface area (TPSA) is 63.6 Å². The average Bonchev–Trinajstić information content (AvgIpc) is 2.21. The SMILES string of the molecule is c1cnc(Nc2cncnc2)nc1. The van der Waals surface area contributed by atoms with Crippen LogP contribution in [0.4, 0.5) is 11.6 Å². The summed E-state index contributed by atoms with van der Waals surface area (Å²) in [7, 11) is 0. The molecule has 2 aromatic heterocycles. The van der Waals surface area contributed by atoms with Crippen molar-refractivity contribution in [1.82, 2.24) is 19.9 Å². The van der Waals surface area contributed by atoms with E-state index in [0.29, 0.717) is 5.95 Å². The quantitative estimate of drug-likeness (QED) is 0.734. The van der Waals surface area contributed by atoms with E-state index in [1.54, 1.807) is 30.9 Å². The van der Waals surface area contributed by atoms with Crippen molar-refractivity contribution in [2.75, 3.05) is 5.32 Å². The van der Waals surface area contributed by atoms with Gasteiger partial charge in [0, 0.05) is 12.4 Å². The van der Waals surface area contributed by atoms with Crippen molar-refractivity contribution in [3.8, 4) is 0 Å². The fourth-order valence-corrected chi connectivity index (χ4v) is 0.856. The van der Waals surface area contributed by atoms with Crippen molar-refractivity contribution in [1.29, 1.82) is 0 Å². The summed E-state index contributed by atoms with van der Waals surface area (Å²) in [5, 5.41) is 2.96. The Balaban J connectivity index is 2.16. The molecular formula is C8H7N5. The van der Waals surface area contributed by atoms with Crippen LogP contribution in [0, 0.1) is 0 Å². The van der Waals surface area contributed by atoms with Gasteiger partial charge in [-0.05, 0) is 6.07 Å². The second kappa shape index (κ2) is 3.57. The Bertz CT molecular complexity index is 323. The number of hydrogen-bond donors (Lipinski definition) is 1. The monoisotopic (exact) mass is 173 g/mol. The van der Waals surface area contributed by atoms with E-state index in [4.69, 9.17) is 0 Å². The highest BCUT2D eigenvalue weighted by Gasteiger charge is 1.94. The Kier molecular flexibility index (Phi) is 2.09. The van der Waals surface area contributed by atoms with E-state index in [-0.39, 0.29) is 0 Å². The minimum atomic E-state index is 0.539. The predicted molar refractivity (Wildman–Crippen MR) is 47.3 cm³/mol. The van der Waals surface area contributed by atoms with E-state index < -0.39 is 0 Å². The first-order chi connectivity index (χ1) is 6.45. The maximum absolute atomic E-state index is 4.00. The minimum absolute atomic E-state index is 0.539. The third kappa shape index (κ3) is 1.96. The van der Waals surface area contributed by atoms with E-state index >= 15 is 0 Å². The Morgan fingerprint density at radius 3 is 2.38 bits per heavy atom. The first-order valence-electron chi connectivity index (χ1n) is 3.74. The number of aromatic nitrogens is 4. The average molecular weight is 173 g/mol. The molecule has 0 saturated carbocycles. The predicted octanol–water partition coefficient (Wildman–Crippen LogP) is 1.01. The van der Waals surface area contributed by atoms with E-state index in [9.17, 15) is 0 Å². The molecule has 0 aliphatic carbocycles. The van der Waals surface area contributed by atoms with Crippen LogP contribution in [-0.4, -0.2) is 19.9 Å². The molecule has 0 unspecified atom stereocenters. The van der Waals surface area contributed by atoms with Gasteiger partial charge in [-0.25, -0.2) is 19.9 Å². The van der Waals surface area contributed by atoms with Crippen molar-refractivity contribution in [3.63, 3.8) is 0 Å². The summed E-state index contributed by atoms with van der Waals surface area (Å²) in [4.78, 5) is 15.7. The zero-order chi connectivity index (χ0) is 8.93. The van der Waals surface area contributed by atoms with Crippen LogP contribution < -0.4 is 5.32 Å². The highest BCUT2D eigenvalue weighted by atomic mass is 15.1. The van der Waals surface area contributed by atoms with E-state index in [0.717, 1.165) is 5.69 Å². The number of nitrogens with one attached hydrogen (secondary N) is 1. The molecule has 0 aromatic carbocycles. The molecule has 0 radical (unpaired) electrons. The molecule has 0 atom stereocenters. The zero-order valence-corrected chi connectivity index (χ0v) is 6.75. The third-order valence-corrected chi connectivity index (χ3v) is 1.38. The molecule has 13 heavy (non-hydrogen) atoms. The summed E-state index contributed by atoms with van der Waals surface area (Å²) in [5.74, 6) is 0.539. The molecule has 0 aliphatic heterocycles. The number of hydrogen-bond acceptors (Lipinski definition) is 5. The van der Waals surface area contributed by atoms with Crippen LogP contribution in [0.25, 0.3) is 0 Å². The standard InChI is InChI=1S/C8H7N5/c1-2-11-8(12-3-1)13-7-4-9-6-10-5-7/h1-6H,(H,11,12,13). The zero-order valence-electron chi connectivity index (χ0n) is 6.75. The van der Waals surface area contributed by atoms with Crippen LogP contribution in [0.5, 0.6) is 0 Å². The van der Waals surface area contributed by atoms with Gasteiger partial charge in [0.05, 0.1) is 18.1 Å². The molecule has 2 heterocycles. The Hall–Kier alpha value is -2.04. The molecule has 2 rings (SSSR count). The lowest BCUT2D eigenvalue weighted by atomic mass is 10.5. The van der Waals surface area contributed by atoms with E-state index in [1.165, 1.54) is 6.33 Å². The fourth-order valence-electron chi connectivity index (χ4n) is 0.856.